The Labute approximate surface area is 211 Å². The van der Waals surface area contributed by atoms with Gasteiger partial charge in [0.25, 0.3) is 0 Å². The first-order chi connectivity index (χ1) is 15.3. The van der Waals surface area contributed by atoms with Crippen molar-refractivity contribution in [3.63, 3.8) is 0 Å². The Morgan fingerprint density at radius 2 is 1.18 bits per heavy atom. The molecule has 0 aromatic heterocycles. The van der Waals surface area contributed by atoms with E-state index in [1.807, 2.05) is 0 Å². The Hall–Kier alpha value is -1.14. The highest BCUT2D eigenvalue weighted by Crippen LogP contribution is 2.38. The van der Waals surface area contributed by atoms with Gasteiger partial charge in [0.05, 0.1) is 0 Å². The van der Waals surface area contributed by atoms with Crippen LogP contribution >= 0.6 is 0 Å². The summed E-state index contributed by atoms with van der Waals surface area (Å²) in [6, 6.07) is 0. The molecule has 6 heteroatoms. The zero-order valence-electron chi connectivity index (χ0n) is 24.5. The topological polar surface area (TPSA) is 87.5 Å². The lowest BCUT2D eigenvalue weighted by Crippen LogP contribution is -2.42. The molecule has 1 unspecified atom stereocenters. The molecule has 0 bridgehead atoms. The summed E-state index contributed by atoms with van der Waals surface area (Å²) < 4.78 is 0. The molecule has 0 aliphatic rings. The highest BCUT2D eigenvalue weighted by molar-refractivity contribution is 5.76. The summed E-state index contributed by atoms with van der Waals surface area (Å²) in [5.41, 5.74) is 6.34. The molecule has 0 rings (SSSR count). The summed E-state index contributed by atoms with van der Waals surface area (Å²) >= 11 is 0. The Balaban J connectivity index is 4.59. The summed E-state index contributed by atoms with van der Waals surface area (Å²) in [7, 11) is 0. The van der Waals surface area contributed by atoms with Crippen LogP contribution in [0.1, 0.15) is 102 Å². The van der Waals surface area contributed by atoms with E-state index in [1.54, 1.807) is 0 Å². The third kappa shape index (κ3) is 15.7. The first kappa shape index (κ1) is 32.9. The van der Waals surface area contributed by atoms with E-state index >= 15 is 0 Å². The van der Waals surface area contributed by atoms with Gasteiger partial charge in [-0.1, -0.05) is 76.2 Å². The van der Waals surface area contributed by atoms with E-state index in [4.69, 9.17) is 5.73 Å². The van der Waals surface area contributed by atoms with Crippen LogP contribution in [0.2, 0.25) is 0 Å². The van der Waals surface area contributed by atoms with Crippen molar-refractivity contribution < 1.29 is 9.59 Å². The maximum absolute atomic E-state index is 12.6. The van der Waals surface area contributed by atoms with Gasteiger partial charge in [-0.15, -0.1) is 0 Å². The van der Waals surface area contributed by atoms with Crippen molar-refractivity contribution in [3.05, 3.63) is 0 Å². The summed E-state index contributed by atoms with van der Waals surface area (Å²) in [6.45, 7) is 28.4. The number of carbonyl (C=O) groups excluding carboxylic acids is 2. The van der Waals surface area contributed by atoms with Crippen molar-refractivity contribution >= 4 is 11.8 Å². The van der Waals surface area contributed by atoms with E-state index in [9.17, 15) is 9.59 Å². The van der Waals surface area contributed by atoms with Gasteiger partial charge in [0.15, 0.2) is 0 Å². The average Bonchev–Trinajstić information content (AvgIpc) is 2.63. The molecule has 2 amide bonds. The standard InChI is InChI=1S/C28H58N4O2/c1-22(2)28(11,19-26(6,7)8)21-31-24(34)13-16-32(17-14-29)15-12-23(33)30-20-27(9,10)18-25(3,4)5/h22H,12-21,29H2,1-11H3,(H,30,33)(H,31,34). The quantitative estimate of drug-likeness (QED) is 0.312. The first-order valence-corrected chi connectivity index (χ1v) is 13.2. The number of carbonyl (C=O) groups is 2. The van der Waals surface area contributed by atoms with Crippen molar-refractivity contribution in [3.8, 4) is 0 Å². The number of hydrogen-bond donors (Lipinski definition) is 3. The summed E-state index contributed by atoms with van der Waals surface area (Å²) in [6.07, 6.45) is 2.94. The number of rotatable bonds is 15. The highest BCUT2D eigenvalue weighted by atomic mass is 16.2. The molecule has 34 heavy (non-hydrogen) atoms. The maximum Gasteiger partial charge on any atom is 0.221 e. The minimum absolute atomic E-state index is 0.0560. The van der Waals surface area contributed by atoms with Crippen molar-refractivity contribution in [2.24, 2.45) is 33.3 Å². The zero-order chi connectivity index (χ0) is 26.8. The van der Waals surface area contributed by atoms with Crippen LogP contribution in [-0.2, 0) is 9.59 Å². The van der Waals surface area contributed by atoms with Gasteiger partial charge in [0, 0.05) is 52.1 Å². The zero-order valence-corrected chi connectivity index (χ0v) is 24.5. The third-order valence-corrected chi connectivity index (χ3v) is 6.55. The average molecular weight is 483 g/mol. The van der Waals surface area contributed by atoms with Gasteiger partial charge in [-0.3, -0.25) is 9.59 Å². The van der Waals surface area contributed by atoms with E-state index in [-0.39, 0.29) is 33.5 Å². The molecule has 0 radical (unpaired) electrons. The van der Waals surface area contributed by atoms with Crippen LogP contribution in [0, 0.1) is 27.6 Å². The monoisotopic (exact) mass is 482 g/mol. The van der Waals surface area contributed by atoms with Gasteiger partial charge in [-0.25, -0.2) is 0 Å². The third-order valence-electron chi connectivity index (χ3n) is 6.55. The molecule has 0 fully saturated rings. The summed E-state index contributed by atoms with van der Waals surface area (Å²) in [5.74, 6) is 0.604. The molecule has 202 valence electrons. The largest absolute Gasteiger partial charge is 0.356 e. The Bertz CT molecular complexity index is 617. The summed E-state index contributed by atoms with van der Waals surface area (Å²) in [4.78, 5) is 27.2. The predicted molar refractivity (Wildman–Crippen MR) is 146 cm³/mol. The number of hydrogen-bond acceptors (Lipinski definition) is 4. The van der Waals surface area contributed by atoms with Crippen LogP contribution in [0.15, 0.2) is 0 Å². The van der Waals surface area contributed by atoms with Crippen LogP contribution in [0.25, 0.3) is 0 Å². The Morgan fingerprint density at radius 3 is 1.56 bits per heavy atom. The fourth-order valence-corrected chi connectivity index (χ4v) is 5.03. The van der Waals surface area contributed by atoms with Crippen LogP contribution in [-0.4, -0.2) is 56.0 Å². The van der Waals surface area contributed by atoms with Crippen LogP contribution < -0.4 is 16.4 Å². The van der Waals surface area contributed by atoms with Crippen molar-refractivity contribution in [2.45, 2.75) is 102 Å². The smallest absolute Gasteiger partial charge is 0.221 e. The van der Waals surface area contributed by atoms with Crippen molar-refractivity contribution in [2.75, 3.05) is 39.3 Å². The van der Waals surface area contributed by atoms with Crippen LogP contribution in [0.5, 0.6) is 0 Å². The molecule has 0 aromatic rings. The summed E-state index contributed by atoms with van der Waals surface area (Å²) in [5, 5.41) is 6.27. The maximum atomic E-state index is 12.6. The van der Waals surface area contributed by atoms with Crippen molar-refractivity contribution in [1.29, 1.82) is 0 Å². The SMILES string of the molecule is CC(C)C(C)(CNC(=O)CCN(CCN)CCC(=O)NCC(C)(C)CC(C)(C)C)CC(C)(C)C. The molecule has 0 aliphatic carbocycles. The molecule has 0 saturated heterocycles. The second kappa shape index (κ2) is 13.8. The molecular formula is C28H58N4O2. The Kier molecular flexibility index (Phi) is 13.4. The minimum Gasteiger partial charge on any atom is -0.356 e. The van der Waals surface area contributed by atoms with Gasteiger partial charge in [0.2, 0.25) is 11.8 Å². The molecule has 0 spiro atoms. The van der Waals surface area contributed by atoms with E-state index in [1.165, 1.54) is 0 Å². The number of nitrogens with one attached hydrogen (secondary N) is 2. The number of nitrogens with two attached hydrogens (primary N) is 1. The first-order valence-electron chi connectivity index (χ1n) is 13.2. The molecule has 1 atom stereocenters. The molecule has 6 nitrogen and oxygen atoms in total. The predicted octanol–water partition coefficient (Wildman–Crippen LogP) is 4.82. The lowest BCUT2D eigenvalue weighted by atomic mass is 9.68. The molecule has 0 heterocycles. The van der Waals surface area contributed by atoms with E-state index < -0.39 is 0 Å². The second-order valence-corrected chi connectivity index (χ2v) is 14.1. The van der Waals surface area contributed by atoms with Gasteiger partial charge in [0.1, 0.15) is 0 Å². The van der Waals surface area contributed by atoms with Crippen LogP contribution in [0.4, 0.5) is 0 Å². The van der Waals surface area contributed by atoms with Crippen molar-refractivity contribution in [1.82, 2.24) is 15.5 Å². The molecule has 4 N–H and O–H groups in total. The van der Waals surface area contributed by atoms with Gasteiger partial charge >= 0.3 is 0 Å². The van der Waals surface area contributed by atoms with Gasteiger partial charge < -0.3 is 21.3 Å². The highest BCUT2D eigenvalue weighted by Gasteiger charge is 2.33. The van der Waals surface area contributed by atoms with Gasteiger partial charge in [-0.05, 0) is 40.4 Å². The molecule has 0 aromatic carbocycles. The lowest BCUT2D eigenvalue weighted by molar-refractivity contribution is -0.122. The molecule has 0 saturated carbocycles. The van der Waals surface area contributed by atoms with E-state index in [0.29, 0.717) is 58.0 Å². The normalized spacial score (nSPS) is 14.9. The Morgan fingerprint density at radius 1 is 0.735 bits per heavy atom. The molecular weight excluding hydrogens is 424 g/mol. The van der Waals surface area contributed by atoms with Gasteiger partial charge in [-0.2, -0.15) is 0 Å². The van der Waals surface area contributed by atoms with Crippen LogP contribution in [0.3, 0.4) is 0 Å². The number of amides is 2. The van der Waals surface area contributed by atoms with E-state index in [0.717, 1.165) is 12.8 Å². The fraction of sp³-hybridized carbons (Fsp3) is 0.929. The molecule has 0 aliphatic heterocycles. The van der Waals surface area contributed by atoms with E-state index in [2.05, 4.69) is 91.7 Å². The number of nitrogens with zero attached hydrogens (tertiary/aromatic N) is 1. The lowest BCUT2D eigenvalue weighted by Gasteiger charge is -2.39. The second-order valence-electron chi connectivity index (χ2n) is 14.1. The fourth-order valence-electron chi connectivity index (χ4n) is 5.03. The minimum atomic E-state index is 0.0560.